The van der Waals surface area contributed by atoms with Crippen molar-refractivity contribution in [3.63, 3.8) is 0 Å². The predicted octanol–water partition coefficient (Wildman–Crippen LogP) is 4.13. The van der Waals surface area contributed by atoms with Gasteiger partial charge in [-0.3, -0.25) is 4.79 Å². The highest BCUT2D eigenvalue weighted by Gasteiger charge is 2.10. The maximum absolute atomic E-state index is 12.2. The number of carbonyl (C=O) groups excluding carboxylic acids is 1. The van der Waals surface area contributed by atoms with Gasteiger partial charge in [-0.25, -0.2) is 0 Å². The summed E-state index contributed by atoms with van der Waals surface area (Å²) in [6.07, 6.45) is 0. The molecule has 6 nitrogen and oxygen atoms in total. The van der Waals surface area contributed by atoms with Crippen molar-refractivity contribution in [1.29, 1.82) is 0 Å². The van der Waals surface area contributed by atoms with Gasteiger partial charge in [-0.05, 0) is 60.8 Å². The van der Waals surface area contributed by atoms with E-state index in [2.05, 4.69) is 15.5 Å². The van der Waals surface area contributed by atoms with E-state index in [9.17, 15) is 4.79 Å². The Labute approximate surface area is 154 Å². The van der Waals surface area contributed by atoms with Crippen LogP contribution < -0.4 is 10.1 Å². The number of hydrogen-bond acceptors (Lipinski definition) is 5. The fourth-order valence-corrected chi connectivity index (χ4v) is 3.17. The van der Waals surface area contributed by atoms with Crippen LogP contribution in [0.15, 0.2) is 60.0 Å². The molecule has 0 radical (unpaired) electrons. The molecule has 2 aromatic heterocycles. The van der Waals surface area contributed by atoms with Crippen LogP contribution in [0.1, 0.15) is 16.6 Å². The van der Waals surface area contributed by atoms with Gasteiger partial charge < -0.3 is 10.1 Å². The van der Waals surface area contributed by atoms with Crippen molar-refractivity contribution in [2.45, 2.75) is 6.92 Å². The molecular formula is C19H16N4O2S. The Morgan fingerprint density at radius 1 is 1.12 bits per heavy atom. The van der Waals surface area contributed by atoms with Crippen LogP contribution in [-0.4, -0.2) is 27.5 Å². The Kier molecular flexibility index (Phi) is 4.37. The minimum atomic E-state index is -0.127. The van der Waals surface area contributed by atoms with Crippen LogP contribution in [0.5, 0.6) is 5.75 Å². The van der Waals surface area contributed by atoms with E-state index in [1.54, 1.807) is 10.9 Å². The zero-order valence-corrected chi connectivity index (χ0v) is 14.9. The largest absolute Gasteiger partial charge is 0.494 e. The average molecular weight is 364 g/mol. The Morgan fingerprint density at radius 2 is 1.92 bits per heavy atom. The van der Waals surface area contributed by atoms with Crippen molar-refractivity contribution in [2.24, 2.45) is 0 Å². The molecule has 0 aliphatic rings. The minimum Gasteiger partial charge on any atom is -0.494 e. The summed E-state index contributed by atoms with van der Waals surface area (Å²) in [6, 6.07) is 16.7. The Hall–Kier alpha value is -3.19. The molecule has 2 heterocycles. The van der Waals surface area contributed by atoms with Gasteiger partial charge in [0.2, 0.25) is 0 Å². The summed E-state index contributed by atoms with van der Waals surface area (Å²) >= 11 is 1.41. The number of rotatable bonds is 5. The molecule has 0 saturated heterocycles. The number of nitrogens with one attached hydrogen (secondary N) is 1. The molecule has 4 aromatic rings. The van der Waals surface area contributed by atoms with E-state index in [-0.39, 0.29) is 5.91 Å². The maximum Gasteiger partial charge on any atom is 0.265 e. The van der Waals surface area contributed by atoms with Crippen molar-refractivity contribution in [3.05, 3.63) is 64.9 Å². The molecule has 0 saturated carbocycles. The molecule has 7 heteroatoms. The zero-order valence-electron chi connectivity index (χ0n) is 14.0. The smallest absolute Gasteiger partial charge is 0.265 e. The maximum atomic E-state index is 12.2. The third-order valence-corrected chi connectivity index (χ3v) is 4.63. The number of fused-ring (bicyclic) bond motifs is 1. The van der Waals surface area contributed by atoms with Gasteiger partial charge in [-0.1, -0.05) is 6.07 Å². The van der Waals surface area contributed by atoms with Gasteiger partial charge in [0.1, 0.15) is 16.8 Å². The van der Waals surface area contributed by atoms with Gasteiger partial charge in [0.25, 0.3) is 5.91 Å². The molecule has 26 heavy (non-hydrogen) atoms. The van der Waals surface area contributed by atoms with Crippen LogP contribution in [0.25, 0.3) is 16.7 Å². The fraction of sp³-hybridized carbons (Fsp3) is 0.105. The number of amides is 1. The first-order chi connectivity index (χ1) is 12.7. The Morgan fingerprint density at radius 3 is 2.65 bits per heavy atom. The highest BCUT2D eigenvalue weighted by Crippen LogP contribution is 2.20. The molecule has 0 aliphatic carbocycles. The van der Waals surface area contributed by atoms with Crippen LogP contribution in [-0.2, 0) is 0 Å². The van der Waals surface area contributed by atoms with E-state index in [0.29, 0.717) is 22.7 Å². The first-order valence-corrected chi connectivity index (χ1v) is 9.06. The molecule has 0 bridgehead atoms. The molecule has 4 rings (SSSR count). The number of aromatic nitrogens is 3. The zero-order chi connectivity index (χ0) is 17.9. The summed E-state index contributed by atoms with van der Waals surface area (Å²) in [6.45, 7) is 2.58. The number of carbonyl (C=O) groups is 1. The van der Waals surface area contributed by atoms with Gasteiger partial charge in [0, 0.05) is 5.69 Å². The summed E-state index contributed by atoms with van der Waals surface area (Å²) in [4.78, 5) is 14.4. The van der Waals surface area contributed by atoms with Gasteiger partial charge in [-0.15, -0.1) is 21.5 Å². The number of anilines is 1. The lowest BCUT2D eigenvalue weighted by Crippen LogP contribution is -2.09. The van der Waals surface area contributed by atoms with Crippen molar-refractivity contribution in [1.82, 2.24) is 15.0 Å². The fourth-order valence-electron chi connectivity index (χ4n) is 2.55. The van der Waals surface area contributed by atoms with E-state index in [0.717, 1.165) is 17.0 Å². The topological polar surface area (TPSA) is 69.0 Å². The second-order valence-electron chi connectivity index (χ2n) is 5.55. The van der Waals surface area contributed by atoms with E-state index in [4.69, 9.17) is 4.74 Å². The summed E-state index contributed by atoms with van der Waals surface area (Å²) in [5.74, 6) is 0.685. The summed E-state index contributed by atoms with van der Waals surface area (Å²) < 4.78 is 5.45. The molecule has 0 aliphatic heterocycles. The van der Waals surface area contributed by atoms with Gasteiger partial charge in [0.05, 0.1) is 17.2 Å². The van der Waals surface area contributed by atoms with Gasteiger partial charge in [-0.2, -0.15) is 4.80 Å². The van der Waals surface area contributed by atoms with E-state index >= 15 is 0 Å². The molecule has 0 atom stereocenters. The standard InChI is InChI=1S/C19H16N4O2S/c1-2-25-15-8-6-14(7-9-15)23-21-16-10-5-13(12-17(16)22-23)20-19(24)18-4-3-11-26-18/h3-12H,2H2,1H3,(H,20,24). The molecule has 2 aromatic carbocycles. The number of ether oxygens (including phenoxy) is 1. The van der Waals surface area contributed by atoms with E-state index in [1.807, 2.05) is 60.8 Å². The molecule has 130 valence electrons. The average Bonchev–Trinajstić information content (AvgIpc) is 3.32. The summed E-state index contributed by atoms with van der Waals surface area (Å²) in [5.41, 5.74) is 3.00. The predicted molar refractivity (Wildman–Crippen MR) is 102 cm³/mol. The Balaban J connectivity index is 1.58. The number of benzene rings is 2. The lowest BCUT2D eigenvalue weighted by atomic mass is 10.2. The first kappa shape index (κ1) is 16.3. The van der Waals surface area contributed by atoms with E-state index in [1.165, 1.54) is 11.3 Å². The monoisotopic (exact) mass is 364 g/mol. The molecule has 1 N–H and O–H groups in total. The third kappa shape index (κ3) is 3.29. The van der Waals surface area contributed by atoms with Crippen LogP contribution in [0, 0.1) is 0 Å². The summed E-state index contributed by atoms with van der Waals surface area (Å²) in [7, 11) is 0. The second-order valence-corrected chi connectivity index (χ2v) is 6.50. The highest BCUT2D eigenvalue weighted by molar-refractivity contribution is 7.12. The van der Waals surface area contributed by atoms with Gasteiger partial charge >= 0.3 is 0 Å². The van der Waals surface area contributed by atoms with Crippen LogP contribution in [0.3, 0.4) is 0 Å². The van der Waals surface area contributed by atoms with Crippen molar-refractivity contribution < 1.29 is 9.53 Å². The molecule has 0 fully saturated rings. The number of hydrogen-bond donors (Lipinski definition) is 1. The first-order valence-electron chi connectivity index (χ1n) is 8.18. The van der Waals surface area contributed by atoms with Crippen molar-refractivity contribution >= 4 is 34.0 Å². The minimum absolute atomic E-state index is 0.127. The van der Waals surface area contributed by atoms with Crippen LogP contribution in [0.2, 0.25) is 0 Å². The van der Waals surface area contributed by atoms with Crippen LogP contribution in [0.4, 0.5) is 5.69 Å². The van der Waals surface area contributed by atoms with Gasteiger partial charge in [0.15, 0.2) is 0 Å². The van der Waals surface area contributed by atoms with Crippen LogP contribution >= 0.6 is 11.3 Å². The van der Waals surface area contributed by atoms with E-state index < -0.39 is 0 Å². The molecule has 0 unspecified atom stereocenters. The molecule has 0 spiro atoms. The number of nitrogens with zero attached hydrogens (tertiary/aromatic N) is 3. The SMILES string of the molecule is CCOc1ccc(-n2nc3ccc(NC(=O)c4cccs4)cc3n2)cc1. The third-order valence-electron chi connectivity index (χ3n) is 3.76. The number of thiophene rings is 1. The van der Waals surface area contributed by atoms with Crippen molar-refractivity contribution in [2.75, 3.05) is 11.9 Å². The molecular weight excluding hydrogens is 348 g/mol. The quantitative estimate of drug-likeness (QED) is 0.578. The lowest BCUT2D eigenvalue weighted by molar-refractivity contribution is 0.103. The molecule has 1 amide bonds. The highest BCUT2D eigenvalue weighted by atomic mass is 32.1. The summed E-state index contributed by atoms with van der Waals surface area (Å²) in [5, 5.41) is 13.7. The lowest BCUT2D eigenvalue weighted by Gasteiger charge is -2.03. The normalized spacial score (nSPS) is 10.8. The Bertz CT molecular complexity index is 1040. The second kappa shape index (κ2) is 6.97. The van der Waals surface area contributed by atoms with Crippen molar-refractivity contribution in [3.8, 4) is 11.4 Å².